The van der Waals surface area contributed by atoms with Gasteiger partial charge in [-0.1, -0.05) is 0 Å². The Balaban J connectivity index is 1.91. The predicted molar refractivity (Wildman–Crippen MR) is 131 cm³/mol. The summed E-state index contributed by atoms with van der Waals surface area (Å²) in [5.74, 6) is 1.21. The minimum atomic E-state index is -0.442. The van der Waals surface area contributed by atoms with Crippen LogP contribution in [-0.2, 0) is 9.53 Å². The molecule has 9 heteroatoms. The van der Waals surface area contributed by atoms with E-state index in [4.69, 9.17) is 23.7 Å². The smallest absolute Gasteiger partial charge is 0.253 e. The van der Waals surface area contributed by atoms with E-state index in [1.54, 1.807) is 64.7 Å². The highest BCUT2D eigenvalue weighted by Crippen LogP contribution is 2.43. The predicted octanol–water partition coefficient (Wildman–Crippen LogP) is 2.73. The number of hydrogen-bond acceptors (Lipinski definition) is 7. The Morgan fingerprint density at radius 3 is 2.11 bits per heavy atom. The lowest BCUT2D eigenvalue weighted by Gasteiger charge is -2.21. The quantitative estimate of drug-likeness (QED) is 0.488. The summed E-state index contributed by atoms with van der Waals surface area (Å²) in [6.45, 7) is 1.73. The number of nitrogens with one attached hydrogen (secondary N) is 1. The van der Waals surface area contributed by atoms with Crippen LogP contribution in [0.5, 0.6) is 23.0 Å². The summed E-state index contributed by atoms with van der Waals surface area (Å²) in [4.78, 5) is 28.2. The van der Waals surface area contributed by atoms with Gasteiger partial charge in [0.05, 0.1) is 34.4 Å². The normalized spacial score (nSPS) is 17.1. The monoisotopic (exact) mass is 486 g/mol. The van der Waals surface area contributed by atoms with Crippen LogP contribution < -0.4 is 24.3 Å². The van der Waals surface area contributed by atoms with Gasteiger partial charge in [0.25, 0.3) is 5.91 Å². The van der Waals surface area contributed by atoms with Crippen molar-refractivity contribution in [1.29, 1.82) is 0 Å². The number of carbonyl (C=O) groups excluding carboxylic acids is 2. The summed E-state index contributed by atoms with van der Waals surface area (Å²) in [7, 11) is 7.85. The minimum absolute atomic E-state index is 0.107. The largest absolute Gasteiger partial charge is 0.497 e. The van der Waals surface area contributed by atoms with Gasteiger partial charge in [0.1, 0.15) is 5.75 Å². The molecular formula is C26H34N2O7. The summed E-state index contributed by atoms with van der Waals surface area (Å²) >= 11 is 0. The first-order valence-corrected chi connectivity index (χ1v) is 11.5. The summed E-state index contributed by atoms with van der Waals surface area (Å²) in [6, 6.07) is 10.7. The van der Waals surface area contributed by atoms with E-state index < -0.39 is 5.92 Å². The van der Waals surface area contributed by atoms with Crippen molar-refractivity contribution in [2.45, 2.75) is 12.3 Å². The Morgan fingerprint density at radius 2 is 1.57 bits per heavy atom. The lowest BCUT2D eigenvalue weighted by Crippen LogP contribution is -2.36. The Hall–Kier alpha value is -3.46. The molecule has 1 aliphatic rings. The molecule has 9 nitrogen and oxygen atoms in total. The van der Waals surface area contributed by atoms with Crippen molar-refractivity contribution in [1.82, 2.24) is 10.2 Å². The molecule has 2 aromatic rings. The van der Waals surface area contributed by atoms with E-state index in [0.29, 0.717) is 61.2 Å². The van der Waals surface area contributed by atoms with Gasteiger partial charge in [-0.2, -0.15) is 0 Å². The number of rotatable bonds is 11. The number of hydrogen-bond donors (Lipinski definition) is 1. The van der Waals surface area contributed by atoms with E-state index >= 15 is 0 Å². The number of carbonyl (C=O) groups is 2. The summed E-state index contributed by atoms with van der Waals surface area (Å²) in [5.41, 5.74) is 1.37. The Bertz CT molecular complexity index is 984. The van der Waals surface area contributed by atoms with E-state index in [0.717, 1.165) is 5.56 Å². The van der Waals surface area contributed by atoms with Gasteiger partial charge in [-0.25, -0.2) is 0 Å². The summed E-state index contributed by atoms with van der Waals surface area (Å²) < 4.78 is 26.8. The van der Waals surface area contributed by atoms with Gasteiger partial charge in [-0.15, -0.1) is 0 Å². The third kappa shape index (κ3) is 5.97. The topological polar surface area (TPSA) is 95.6 Å². The van der Waals surface area contributed by atoms with Crippen LogP contribution in [0.1, 0.15) is 28.3 Å². The lowest BCUT2D eigenvalue weighted by molar-refractivity contribution is -0.125. The van der Waals surface area contributed by atoms with Crippen molar-refractivity contribution in [3.63, 3.8) is 0 Å². The van der Waals surface area contributed by atoms with E-state index in [9.17, 15) is 9.59 Å². The molecule has 2 atom stereocenters. The minimum Gasteiger partial charge on any atom is -0.497 e. The Labute approximate surface area is 206 Å². The zero-order chi connectivity index (χ0) is 25.4. The number of amides is 2. The Morgan fingerprint density at radius 1 is 0.914 bits per heavy atom. The van der Waals surface area contributed by atoms with Crippen LogP contribution in [0.2, 0.25) is 0 Å². The van der Waals surface area contributed by atoms with Gasteiger partial charge in [-0.05, 0) is 48.4 Å². The molecular weight excluding hydrogens is 452 g/mol. The molecule has 3 rings (SSSR count). The zero-order valence-electron chi connectivity index (χ0n) is 21.0. The molecule has 0 unspecified atom stereocenters. The maximum Gasteiger partial charge on any atom is 0.253 e. The number of benzene rings is 2. The van der Waals surface area contributed by atoms with Crippen LogP contribution in [-0.4, -0.2) is 78.5 Å². The number of methoxy groups -OCH3 is 5. The van der Waals surface area contributed by atoms with Crippen molar-refractivity contribution < 1.29 is 33.3 Å². The molecule has 1 heterocycles. The average molecular weight is 487 g/mol. The molecule has 0 bridgehead atoms. The van der Waals surface area contributed by atoms with Gasteiger partial charge < -0.3 is 33.9 Å². The van der Waals surface area contributed by atoms with Crippen LogP contribution in [0.3, 0.4) is 0 Å². The molecule has 35 heavy (non-hydrogen) atoms. The second kappa shape index (κ2) is 12.3. The standard InChI is InChI=1S/C26H34N2O7/c1-31-12-6-11-27-25(29)21-16-28(26(30)17-7-9-19(32-2)10-8-17)15-20(21)18-13-22(33-3)24(35-5)23(14-18)34-4/h7-10,13-14,20-21H,6,11-12,15-16H2,1-5H3,(H,27,29)/t20-,21-/m0/s1. The van der Waals surface area contributed by atoms with Crippen molar-refractivity contribution in [3.8, 4) is 23.0 Å². The average Bonchev–Trinajstić information content (AvgIpc) is 3.35. The van der Waals surface area contributed by atoms with Gasteiger partial charge in [0.2, 0.25) is 11.7 Å². The maximum absolute atomic E-state index is 13.3. The third-order valence-corrected chi connectivity index (χ3v) is 6.22. The van der Waals surface area contributed by atoms with Gasteiger partial charge in [-0.3, -0.25) is 9.59 Å². The molecule has 2 amide bonds. The van der Waals surface area contributed by atoms with Crippen molar-refractivity contribution in [2.24, 2.45) is 5.92 Å². The zero-order valence-corrected chi connectivity index (χ0v) is 21.0. The molecule has 0 spiro atoms. The van der Waals surface area contributed by atoms with Crippen molar-refractivity contribution in [2.75, 3.05) is 61.8 Å². The fourth-order valence-electron chi connectivity index (χ4n) is 4.36. The van der Waals surface area contributed by atoms with Gasteiger partial charge in [0, 0.05) is 44.8 Å². The van der Waals surface area contributed by atoms with Crippen LogP contribution in [0.25, 0.3) is 0 Å². The molecule has 1 saturated heterocycles. The highest BCUT2D eigenvalue weighted by molar-refractivity contribution is 5.95. The first-order chi connectivity index (χ1) is 17.0. The molecule has 0 saturated carbocycles. The molecule has 1 fully saturated rings. The summed E-state index contributed by atoms with van der Waals surface area (Å²) in [6.07, 6.45) is 0.707. The van der Waals surface area contributed by atoms with E-state index in [1.807, 2.05) is 12.1 Å². The van der Waals surface area contributed by atoms with Crippen LogP contribution >= 0.6 is 0 Å². The number of likely N-dealkylation sites (tertiary alicyclic amines) is 1. The molecule has 0 aliphatic carbocycles. The van der Waals surface area contributed by atoms with E-state index in [-0.39, 0.29) is 17.7 Å². The van der Waals surface area contributed by atoms with Crippen molar-refractivity contribution in [3.05, 3.63) is 47.5 Å². The molecule has 190 valence electrons. The molecule has 0 radical (unpaired) electrons. The van der Waals surface area contributed by atoms with Crippen LogP contribution in [0, 0.1) is 5.92 Å². The van der Waals surface area contributed by atoms with Crippen LogP contribution in [0.4, 0.5) is 0 Å². The molecule has 1 N–H and O–H groups in total. The lowest BCUT2D eigenvalue weighted by atomic mass is 9.88. The summed E-state index contributed by atoms with van der Waals surface area (Å²) in [5, 5.41) is 2.99. The van der Waals surface area contributed by atoms with Crippen LogP contribution in [0.15, 0.2) is 36.4 Å². The first kappa shape index (κ1) is 26.2. The molecule has 0 aromatic heterocycles. The number of ether oxygens (including phenoxy) is 5. The molecule has 2 aromatic carbocycles. The number of nitrogens with zero attached hydrogens (tertiary/aromatic N) is 1. The fourth-order valence-corrected chi connectivity index (χ4v) is 4.36. The first-order valence-electron chi connectivity index (χ1n) is 11.5. The van der Waals surface area contributed by atoms with E-state index in [2.05, 4.69) is 5.32 Å². The highest BCUT2D eigenvalue weighted by atomic mass is 16.5. The fraction of sp³-hybridized carbons (Fsp3) is 0.462. The maximum atomic E-state index is 13.3. The second-order valence-electron chi connectivity index (χ2n) is 8.25. The van der Waals surface area contributed by atoms with Gasteiger partial charge >= 0.3 is 0 Å². The van der Waals surface area contributed by atoms with E-state index in [1.165, 1.54) is 0 Å². The highest BCUT2D eigenvalue weighted by Gasteiger charge is 2.41. The SMILES string of the molecule is COCCCNC(=O)[C@H]1CN(C(=O)c2ccc(OC)cc2)C[C@H]1c1cc(OC)c(OC)c(OC)c1. The second-order valence-corrected chi connectivity index (χ2v) is 8.25. The Kier molecular flexibility index (Phi) is 9.19. The molecule has 1 aliphatic heterocycles. The van der Waals surface area contributed by atoms with Gasteiger partial charge in [0.15, 0.2) is 11.5 Å². The third-order valence-electron chi connectivity index (χ3n) is 6.22. The van der Waals surface area contributed by atoms with Crippen molar-refractivity contribution >= 4 is 11.8 Å².